The third-order valence-corrected chi connectivity index (χ3v) is 7.37. The van der Waals surface area contributed by atoms with Gasteiger partial charge in [0.1, 0.15) is 5.60 Å². The first kappa shape index (κ1) is 27.0. The van der Waals surface area contributed by atoms with Crippen molar-refractivity contribution in [2.24, 2.45) is 0 Å². The van der Waals surface area contributed by atoms with Gasteiger partial charge in [0, 0.05) is 5.69 Å². The Hall–Kier alpha value is -3.56. The van der Waals surface area contributed by atoms with Gasteiger partial charge in [-0.3, -0.25) is 9.59 Å². The highest BCUT2D eigenvalue weighted by molar-refractivity contribution is 7.89. The molecule has 1 N–H and O–H groups in total. The van der Waals surface area contributed by atoms with Crippen molar-refractivity contribution in [3.05, 3.63) is 72.3 Å². The molecular formula is C27H30N2O6S. The number of Topliss-reactive ketones (excluding diaryl/α,β-unsaturated/α-hetero) is 1. The number of anilines is 1. The number of carbonyl (C=O) groups excluding carboxylic acids is 3. The van der Waals surface area contributed by atoms with Gasteiger partial charge in [-0.25, -0.2) is 17.9 Å². The normalized spacial score (nSPS) is 11.8. The van der Waals surface area contributed by atoms with Crippen molar-refractivity contribution in [1.82, 2.24) is 4.72 Å². The Morgan fingerprint density at radius 3 is 2.19 bits per heavy atom. The average molecular weight is 511 g/mol. The van der Waals surface area contributed by atoms with E-state index in [1.54, 1.807) is 13.8 Å². The predicted octanol–water partition coefficient (Wildman–Crippen LogP) is 3.97. The molecule has 36 heavy (non-hydrogen) atoms. The molecule has 0 aliphatic heterocycles. The summed E-state index contributed by atoms with van der Waals surface area (Å²) in [7, 11) is -2.35. The van der Waals surface area contributed by atoms with Crippen molar-refractivity contribution >= 4 is 44.1 Å². The van der Waals surface area contributed by atoms with Crippen molar-refractivity contribution in [1.29, 1.82) is 0 Å². The number of carbonyl (C=O) groups is 3. The minimum absolute atomic E-state index is 0.0355. The Bertz CT molecular complexity index is 1380. The number of nitrogens with zero attached hydrogens (tertiary/aromatic N) is 1. The SMILES string of the molecule is CCC(C)(C)OC(=O)C(=O)CC(=O)N(Cc1ccc2ccccc2c1)c1ccc(S(=O)(=O)NC)cc1. The van der Waals surface area contributed by atoms with Crippen LogP contribution in [0.1, 0.15) is 39.2 Å². The summed E-state index contributed by atoms with van der Waals surface area (Å²) in [4.78, 5) is 39.5. The van der Waals surface area contributed by atoms with E-state index in [0.29, 0.717) is 12.1 Å². The summed E-state index contributed by atoms with van der Waals surface area (Å²) >= 11 is 0. The lowest BCUT2D eigenvalue weighted by molar-refractivity contribution is -0.164. The molecule has 0 spiro atoms. The van der Waals surface area contributed by atoms with E-state index in [1.165, 1.54) is 36.2 Å². The van der Waals surface area contributed by atoms with E-state index in [4.69, 9.17) is 4.74 Å². The van der Waals surface area contributed by atoms with Crippen LogP contribution in [-0.4, -0.2) is 38.7 Å². The molecule has 0 radical (unpaired) electrons. The van der Waals surface area contributed by atoms with Crippen LogP contribution in [0.25, 0.3) is 10.8 Å². The standard InChI is InChI=1S/C27H30N2O6S/c1-5-27(2,3)35-26(32)24(30)17-25(31)29(22-12-14-23(15-13-22)36(33,34)28-4)18-19-10-11-20-8-6-7-9-21(20)16-19/h6-16,28H,5,17-18H2,1-4H3. The molecule has 0 unspecified atom stereocenters. The lowest BCUT2D eigenvalue weighted by Gasteiger charge is -2.25. The summed E-state index contributed by atoms with van der Waals surface area (Å²) in [5.41, 5.74) is 0.365. The van der Waals surface area contributed by atoms with Crippen molar-refractivity contribution in [3.8, 4) is 0 Å². The van der Waals surface area contributed by atoms with Crippen LogP contribution in [0.5, 0.6) is 0 Å². The molecule has 0 heterocycles. The second-order valence-corrected chi connectivity index (χ2v) is 10.9. The molecule has 0 saturated carbocycles. The van der Waals surface area contributed by atoms with E-state index in [1.807, 2.05) is 49.4 Å². The van der Waals surface area contributed by atoms with Crippen molar-refractivity contribution in [2.45, 2.75) is 50.7 Å². The zero-order chi connectivity index (χ0) is 26.5. The summed E-state index contributed by atoms with van der Waals surface area (Å²) in [5.74, 6) is -2.61. The molecule has 8 nitrogen and oxygen atoms in total. The molecular weight excluding hydrogens is 480 g/mol. The molecule has 3 aromatic rings. The first-order valence-electron chi connectivity index (χ1n) is 11.5. The van der Waals surface area contributed by atoms with E-state index in [9.17, 15) is 22.8 Å². The lowest BCUT2D eigenvalue weighted by Crippen LogP contribution is -2.36. The zero-order valence-corrected chi connectivity index (χ0v) is 21.6. The molecule has 3 rings (SSSR count). The predicted molar refractivity (Wildman–Crippen MR) is 138 cm³/mol. The number of fused-ring (bicyclic) bond motifs is 1. The van der Waals surface area contributed by atoms with E-state index in [2.05, 4.69) is 4.72 Å². The number of amides is 1. The first-order valence-corrected chi connectivity index (χ1v) is 13.0. The van der Waals surface area contributed by atoms with Gasteiger partial charge in [-0.1, -0.05) is 43.3 Å². The van der Waals surface area contributed by atoms with Gasteiger partial charge < -0.3 is 9.64 Å². The number of sulfonamides is 1. The van der Waals surface area contributed by atoms with E-state index < -0.39 is 39.7 Å². The van der Waals surface area contributed by atoms with Gasteiger partial charge in [-0.15, -0.1) is 0 Å². The summed E-state index contributed by atoms with van der Waals surface area (Å²) in [6.45, 7) is 5.32. The summed E-state index contributed by atoms with van der Waals surface area (Å²) in [6.07, 6.45) is -0.168. The van der Waals surface area contributed by atoms with E-state index in [0.717, 1.165) is 16.3 Å². The van der Waals surface area contributed by atoms with Gasteiger partial charge in [0.25, 0.3) is 0 Å². The lowest BCUT2D eigenvalue weighted by atomic mass is 10.1. The number of nitrogens with one attached hydrogen (secondary N) is 1. The summed E-state index contributed by atoms with van der Waals surface area (Å²) in [6, 6.07) is 19.3. The van der Waals surface area contributed by atoms with Gasteiger partial charge in [-0.2, -0.15) is 0 Å². The van der Waals surface area contributed by atoms with Gasteiger partial charge in [-0.05, 0) is 74.0 Å². The van der Waals surface area contributed by atoms with Gasteiger partial charge >= 0.3 is 5.97 Å². The maximum absolute atomic E-state index is 13.3. The molecule has 0 bridgehead atoms. The van der Waals surface area contributed by atoms with Crippen LogP contribution in [0.15, 0.2) is 71.6 Å². The monoisotopic (exact) mass is 510 g/mol. The van der Waals surface area contributed by atoms with Crippen LogP contribution in [0.4, 0.5) is 5.69 Å². The molecule has 1 amide bonds. The number of ether oxygens (including phenoxy) is 1. The summed E-state index contributed by atoms with van der Waals surface area (Å²) in [5, 5.41) is 2.02. The van der Waals surface area contributed by atoms with Gasteiger partial charge in [0.2, 0.25) is 21.7 Å². The molecule has 0 aromatic heterocycles. The Labute approximate surface area is 211 Å². The minimum atomic E-state index is -3.66. The fourth-order valence-electron chi connectivity index (χ4n) is 3.45. The minimum Gasteiger partial charge on any atom is -0.454 e. The third-order valence-electron chi connectivity index (χ3n) is 5.94. The Morgan fingerprint density at radius 2 is 1.58 bits per heavy atom. The zero-order valence-electron chi connectivity index (χ0n) is 20.8. The van der Waals surface area contributed by atoms with Gasteiger partial charge in [0.15, 0.2) is 0 Å². The molecule has 3 aromatic carbocycles. The third kappa shape index (κ3) is 6.56. The van der Waals surface area contributed by atoms with Crippen LogP contribution in [0, 0.1) is 0 Å². The quantitative estimate of drug-likeness (QED) is 0.251. The topological polar surface area (TPSA) is 110 Å². The van der Waals surface area contributed by atoms with Crippen molar-refractivity contribution in [2.75, 3.05) is 11.9 Å². The smallest absolute Gasteiger partial charge is 0.375 e. The molecule has 0 aliphatic carbocycles. The fraction of sp³-hybridized carbons (Fsp3) is 0.296. The molecule has 0 fully saturated rings. The molecule has 0 aliphatic rings. The maximum Gasteiger partial charge on any atom is 0.375 e. The molecule has 9 heteroatoms. The Balaban J connectivity index is 1.90. The highest BCUT2D eigenvalue weighted by Gasteiger charge is 2.29. The van der Waals surface area contributed by atoms with Crippen LogP contribution in [0.3, 0.4) is 0 Å². The second-order valence-electron chi connectivity index (χ2n) is 8.97. The largest absolute Gasteiger partial charge is 0.454 e. The van der Waals surface area contributed by atoms with Crippen LogP contribution in [-0.2, 0) is 35.7 Å². The number of hydrogen-bond donors (Lipinski definition) is 1. The number of ketones is 1. The van der Waals surface area contributed by atoms with Crippen LogP contribution < -0.4 is 9.62 Å². The van der Waals surface area contributed by atoms with Crippen molar-refractivity contribution in [3.63, 3.8) is 0 Å². The number of rotatable bonds is 10. The molecule has 0 saturated heterocycles. The Kier molecular flexibility index (Phi) is 8.27. The second kappa shape index (κ2) is 11.0. The van der Waals surface area contributed by atoms with E-state index in [-0.39, 0.29) is 11.4 Å². The van der Waals surface area contributed by atoms with E-state index >= 15 is 0 Å². The highest BCUT2D eigenvalue weighted by Crippen LogP contribution is 2.24. The fourth-order valence-corrected chi connectivity index (χ4v) is 4.18. The highest BCUT2D eigenvalue weighted by atomic mass is 32.2. The van der Waals surface area contributed by atoms with Crippen LogP contribution in [0.2, 0.25) is 0 Å². The number of benzene rings is 3. The first-order chi connectivity index (χ1) is 17.0. The molecule has 0 atom stereocenters. The van der Waals surface area contributed by atoms with Crippen LogP contribution >= 0.6 is 0 Å². The molecule has 190 valence electrons. The maximum atomic E-state index is 13.3. The van der Waals surface area contributed by atoms with Gasteiger partial charge in [0.05, 0.1) is 17.9 Å². The summed E-state index contributed by atoms with van der Waals surface area (Å²) < 4.78 is 31.7. The number of hydrogen-bond acceptors (Lipinski definition) is 6. The average Bonchev–Trinajstić information content (AvgIpc) is 2.86. The Morgan fingerprint density at radius 1 is 0.944 bits per heavy atom. The number of esters is 1. The van der Waals surface area contributed by atoms with Crippen molar-refractivity contribution < 1.29 is 27.5 Å².